The first kappa shape index (κ1) is 5.63. The molecule has 0 aromatic rings. The molecule has 4 heteroatoms. The molecule has 0 heterocycles. The summed E-state index contributed by atoms with van der Waals surface area (Å²) in [5, 5.41) is 16.9. The van der Waals surface area contributed by atoms with Gasteiger partial charge in [-0.2, -0.15) is 5.26 Å². The van der Waals surface area contributed by atoms with Gasteiger partial charge in [0.15, 0.2) is 0 Å². The van der Waals surface area contributed by atoms with Crippen LogP contribution in [0.4, 0.5) is 0 Å². The molecule has 0 spiro atoms. The van der Waals surface area contributed by atoms with Crippen LogP contribution in [0.5, 0.6) is 0 Å². The van der Waals surface area contributed by atoms with Crippen molar-refractivity contribution in [3.8, 4) is 6.07 Å². The molecule has 0 fully saturated rings. The molecule has 0 amide bonds. The van der Waals surface area contributed by atoms with Gasteiger partial charge in [-0.3, -0.25) is 10.1 Å². The van der Waals surface area contributed by atoms with Gasteiger partial charge < -0.3 is 0 Å². The molecule has 0 aromatic carbocycles. The third-order valence-electron chi connectivity index (χ3n) is 0.235. The molecule has 0 aliphatic rings. The highest BCUT2D eigenvalue weighted by atomic mass is 16.6. The lowest BCUT2D eigenvalue weighted by molar-refractivity contribution is -0.402. The molecule has 0 unspecified atom stereocenters. The largest absolute Gasteiger partial charge is 0.259 e. The van der Waals surface area contributed by atoms with Gasteiger partial charge in [0.2, 0.25) is 0 Å². The summed E-state index contributed by atoms with van der Waals surface area (Å²) in [4.78, 5) is 8.55. The highest BCUT2D eigenvalue weighted by molar-refractivity contribution is 4.86. The number of hydrogen-bond donors (Lipinski definition) is 0. The van der Waals surface area contributed by atoms with E-state index in [2.05, 4.69) is 0 Å². The smallest absolute Gasteiger partial charge is 0.253 e. The second kappa shape index (κ2) is 2.85. The predicted molar refractivity (Wildman–Crippen MR) is 20.4 cm³/mol. The van der Waals surface area contributed by atoms with Gasteiger partial charge in [-0.15, -0.1) is 0 Å². The van der Waals surface area contributed by atoms with E-state index >= 15 is 0 Å². The van der Waals surface area contributed by atoms with Crippen molar-refractivity contribution < 1.29 is 4.92 Å². The zero-order valence-corrected chi connectivity index (χ0v) is 3.29. The van der Waals surface area contributed by atoms with Gasteiger partial charge in [0.1, 0.15) is 12.1 Å². The Labute approximate surface area is 39.8 Å². The van der Waals surface area contributed by atoms with E-state index in [1.807, 2.05) is 0 Å². The summed E-state index contributed by atoms with van der Waals surface area (Å²) in [7, 11) is 0. The second-order valence-corrected chi connectivity index (χ2v) is 0.671. The molecule has 0 saturated heterocycles. The van der Waals surface area contributed by atoms with Gasteiger partial charge in [0.05, 0.1) is 4.92 Å². The van der Waals surface area contributed by atoms with Crippen molar-refractivity contribution in [1.29, 1.82) is 5.26 Å². The van der Waals surface area contributed by atoms with Crippen molar-refractivity contribution >= 4 is 0 Å². The number of allylic oxidation sites excluding steroid dienone is 1. The summed E-state index contributed by atoms with van der Waals surface area (Å²) in [6.45, 7) is 0. The monoisotopic (exact) mass is 97.0 g/mol. The maximum atomic E-state index is 9.29. The van der Waals surface area contributed by atoms with E-state index < -0.39 is 4.92 Å². The lowest BCUT2D eigenvalue weighted by Gasteiger charge is -1.67. The number of nitriles is 1. The Morgan fingerprint density at radius 1 is 1.86 bits per heavy atom. The van der Waals surface area contributed by atoms with Crippen LogP contribution in [0, 0.1) is 27.5 Å². The third-order valence-corrected chi connectivity index (χ3v) is 0.235. The molecule has 0 rings (SSSR count). The highest BCUT2D eigenvalue weighted by Gasteiger charge is 1.78. The summed E-state index contributed by atoms with van der Waals surface area (Å²) < 4.78 is 0. The van der Waals surface area contributed by atoms with E-state index in [1.54, 1.807) is 6.08 Å². The van der Waals surface area contributed by atoms with Gasteiger partial charge in [-0.1, -0.05) is 0 Å². The van der Waals surface area contributed by atoms with Crippen LogP contribution in [0.2, 0.25) is 0 Å². The Bertz CT molecular complexity index is 132. The SMILES string of the molecule is N#C/[C]=C\[N+](=O)[O-]. The number of hydrogen-bond acceptors (Lipinski definition) is 3. The first-order chi connectivity index (χ1) is 3.27. The van der Waals surface area contributed by atoms with Gasteiger partial charge in [0.25, 0.3) is 6.20 Å². The second-order valence-electron chi connectivity index (χ2n) is 0.671. The fourth-order valence-electron chi connectivity index (χ4n) is 0.0816. The van der Waals surface area contributed by atoms with Crippen molar-refractivity contribution in [2.45, 2.75) is 0 Å². The summed E-state index contributed by atoms with van der Waals surface area (Å²) >= 11 is 0. The molecule has 0 aliphatic carbocycles. The lowest BCUT2D eigenvalue weighted by atomic mass is 10.7. The van der Waals surface area contributed by atoms with E-state index in [-0.39, 0.29) is 0 Å². The predicted octanol–water partition coefficient (Wildman–Crippen LogP) is 0.104. The number of nitrogens with zero attached hydrogens (tertiary/aromatic N) is 2. The van der Waals surface area contributed by atoms with Crippen molar-refractivity contribution in [2.75, 3.05) is 0 Å². The first-order valence-electron chi connectivity index (χ1n) is 1.39. The molecule has 0 aromatic heterocycles. The molecule has 35 valence electrons. The van der Waals surface area contributed by atoms with Crippen LogP contribution in [0.3, 0.4) is 0 Å². The molecule has 7 heavy (non-hydrogen) atoms. The van der Waals surface area contributed by atoms with Crippen LogP contribution in [0.15, 0.2) is 6.20 Å². The van der Waals surface area contributed by atoms with Gasteiger partial charge in [0, 0.05) is 0 Å². The molecule has 0 aliphatic heterocycles. The van der Waals surface area contributed by atoms with Gasteiger partial charge in [-0.25, -0.2) is 0 Å². The quantitative estimate of drug-likeness (QED) is 0.265. The van der Waals surface area contributed by atoms with E-state index in [4.69, 9.17) is 5.26 Å². The summed E-state index contributed by atoms with van der Waals surface area (Å²) in [5.41, 5.74) is 0. The Hall–Kier alpha value is -1.37. The summed E-state index contributed by atoms with van der Waals surface area (Å²) in [6, 6.07) is 1.35. The topological polar surface area (TPSA) is 66.9 Å². The maximum Gasteiger partial charge on any atom is 0.253 e. The van der Waals surface area contributed by atoms with Gasteiger partial charge >= 0.3 is 0 Å². The third kappa shape index (κ3) is 4.63. The average molecular weight is 97.1 g/mol. The Balaban J connectivity index is 3.53. The average Bonchev–Trinajstić information content (AvgIpc) is 1.61. The zero-order valence-electron chi connectivity index (χ0n) is 3.29. The normalized spacial score (nSPS) is 8.43. The van der Waals surface area contributed by atoms with Crippen molar-refractivity contribution in [1.82, 2.24) is 0 Å². The molecule has 0 saturated carbocycles. The van der Waals surface area contributed by atoms with Crippen LogP contribution in [0.1, 0.15) is 0 Å². The number of rotatable bonds is 1. The molecular formula is C3HN2O2. The molecular weight excluding hydrogens is 96.0 g/mol. The van der Waals surface area contributed by atoms with E-state index in [9.17, 15) is 10.1 Å². The van der Waals surface area contributed by atoms with Crippen LogP contribution in [-0.2, 0) is 0 Å². The molecule has 0 atom stereocenters. The van der Waals surface area contributed by atoms with Crippen molar-refractivity contribution in [3.05, 3.63) is 22.4 Å². The minimum absolute atomic E-state index is 0.458. The fourth-order valence-corrected chi connectivity index (χ4v) is 0.0816. The van der Waals surface area contributed by atoms with E-state index in [0.29, 0.717) is 6.20 Å². The van der Waals surface area contributed by atoms with E-state index in [0.717, 1.165) is 0 Å². The van der Waals surface area contributed by atoms with Crippen LogP contribution in [-0.4, -0.2) is 4.92 Å². The Morgan fingerprint density at radius 2 is 2.43 bits per heavy atom. The van der Waals surface area contributed by atoms with Crippen molar-refractivity contribution in [2.24, 2.45) is 0 Å². The Kier molecular flexibility index (Phi) is 2.29. The molecule has 0 N–H and O–H groups in total. The van der Waals surface area contributed by atoms with Crippen LogP contribution >= 0.6 is 0 Å². The number of nitro groups is 1. The van der Waals surface area contributed by atoms with Crippen LogP contribution in [0.25, 0.3) is 0 Å². The minimum atomic E-state index is -0.747. The molecule has 1 radical (unpaired) electrons. The zero-order chi connectivity index (χ0) is 5.70. The Morgan fingerprint density at radius 3 is 2.57 bits per heavy atom. The van der Waals surface area contributed by atoms with Crippen molar-refractivity contribution in [3.63, 3.8) is 0 Å². The van der Waals surface area contributed by atoms with E-state index in [1.165, 1.54) is 6.07 Å². The molecule has 0 bridgehead atoms. The highest BCUT2D eigenvalue weighted by Crippen LogP contribution is 1.66. The van der Waals surface area contributed by atoms with Gasteiger partial charge in [-0.05, 0) is 0 Å². The lowest BCUT2D eigenvalue weighted by Crippen LogP contribution is -1.80. The fraction of sp³-hybridized carbons (Fsp3) is 0. The first-order valence-corrected chi connectivity index (χ1v) is 1.39. The molecule has 4 nitrogen and oxygen atoms in total. The standard InChI is InChI=1S/C3HN2O2/c4-2-1-3-5(6)7/h3H. The van der Waals surface area contributed by atoms with Crippen LogP contribution < -0.4 is 0 Å². The summed E-state index contributed by atoms with van der Waals surface area (Å²) in [6.07, 6.45) is 2.19. The minimum Gasteiger partial charge on any atom is -0.259 e. The summed E-state index contributed by atoms with van der Waals surface area (Å²) in [5.74, 6) is 0. The maximum absolute atomic E-state index is 9.29.